The summed E-state index contributed by atoms with van der Waals surface area (Å²) in [6.45, 7) is 1.74. The number of rotatable bonds is 1. The Bertz CT molecular complexity index is 315. The molecule has 0 amide bonds. The normalized spacial score (nSPS) is 8.82. The third-order valence-corrected chi connectivity index (χ3v) is 1.37. The first-order valence-electron chi connectivity index (χ1n) is 3.09. The molecule has 4 heteroatoms. The Labute approximate surface area is 63.7 Å². The highest BCUT2D eigenvalue weighted by atomic mass is 16.3. The van der Waals surface area contributed by atoms with Crippen molar-refractivity contribution < 1.29 is 5.11 Å². The van der Waals surface area contributed by atoms with Crippen LogP contribution in [0.3, 0.4) is 0 Å². The van der Waals surface area contributed by atoms with E-state index in [1.807, 2.05) is 0 Å². The second-order valence-electron chi connectivity index (χ2n) is 2.13. The quantitative estimate of drug-likeness (QED) is 0.372. The molecule has 0 heterocycles. The molecular weight excluding hydrogens is 142 g/mol. The molecule has 11 heavy (non-hydrogen) atoms. The van der Waals surface area contributed by atoms with Gasteiger partial charge in [0.15, 0.2) is 0 Å². The lowest BCUT2D eigenvalue weighted by atomic mass is 10.2. The van der Waals surface area contributed by atoms with Crippen molar-refractivity contribution >= 4 is 5.69 Å². The summed E-state index contributed by atoms with van der Waals surface area (Å²) in [6, 6.07) is 5.02. The molecule has 0 aliphatic rings. The number of hydrogen-bond acceptors (Lipinski definition) is 2. The van der Waals surface area contributed by atoms with E-state index in [1.54, 1.807) is 25.1 Å². The molecule has 0 spiro atoms. The van der Waals surface area contributed by atoms with Gasteiger partial charge in [0.2, 0.25) is 0 Å². The number of para-hydroxylation sites is 1. The smallest absolute Gasteiger partial charge is 0.128 e. The maximum Gasteiger partial charge on any atom is 0.128 e. The molecule has 0 fully saturated rings. The Morgan fingerprint density at radius 1 is 1.55 bits per heavy atom. The van der Waals surface area contributed by atoms with Gasteiger partial charge in [-0.25, -0.2) is 0 Å². The van der Waals surface area contributed by atoms with Crippen molar-refractivity contribution in [2.75, 3.05) is 0 Å². The third kappa shape index (κ3) is 1.42. The first-order chi connectivity index (χ1) is 5.25. The molecule has 0 radical (unpaired) electrons. The molecule has 56 valence electrons. The van der Waals surface area contributed by atoms with E-state index in [2.05, 4.69) is 10.0 Å². The Morgan fingerprint density at radius 3 is 2.91 bits per heavy atom. The summed E-state index contributed by atoms with van der Waals surface area (Å²) in [6.07, 6.45) is 0. The number of nitrogens with zero attached hydrogens (tertiary/aromatic N) is 3. The predicted octanol–water partition coefficient (Wildman–Crippen LogP) is 2.64. The highest BCUT2D eigenvalue weighted by Gasteiger charge is 1.98. The molecule has 1 aromatic rings. The van der Waals surface area contributed by atoms with Crippen LogP contribution in [-0.4, -0.2) is 5.11 Å². The summed E-state index contributed by atoms with van der Waals surface area (Å²) in [4.78, 5) is 2.57. The van der Waals surface area contributed by atoms with Gasteiger partial charge in [-0.15, -0.1) is 0 Å². The van der Waals surface area contributed by atoms with Crippen molar-refractivity contribution in [3.05, 3.63) is 34.2 Å². The van der Waals surface area contributed by atoms with Crippen LogP contribution >= 0.6 is 0 Å². The Balaban J connectivity index is 3.26. The molecule has 4 nitrogen and oxygen atoms in total. The number of phenols is 1. The summed E-state index contributed by atoms with van der Waals surface area (Å²) < 4.78 is 0. The third-order valence-electron chi connectivity index (χ3n) is 1.37. The number of aryl methyl sites for hydroxylation is 1. The largest absolute Gasteiger partial charge is 0.507 e. The van der Waals surface area contributed by atoms with Gasteiger partial charge in [0.1, 0.15) is 5.75 Å². The van der Waals surface area contributed by atoms with Crippen LogP contribution < -0.4 is 0 Å². The number of aromatic hydroxyl groups is 1. The van der Waals surface area contributed by atoms with Crippen LogP contribution in [0, 0.1) is 6.92 Å². The van der Waals surface area contributed by atoms with Gasteiger partial charge in [-0.1, -0.05) is 17.2 Å². The molecule has 0 saturated carbocycles. The summed E-state index contributed by atoms with van der Waals surface area (Å²) in [5.41, 5.74) is 9.06. The minimum Gasteiger partial charge on any atom is -0.507 e. The van der Waals surface area contributed by atoms with Gasteiger partial charge in [0.25, 0.3) is 0 Å². The molecule has 0 aliphatic carbocycles. The summed E-state index contributed by atoms with van der Waals surface area (Å²) in [5.74, 6) is 0.0466. The molecule has 1 rings (SSSR count). The fraction of sp³-hybridized carbons (Fsp3) is 0.143. The van der Waals surface area contributed by atoms with Gasteiger partial charge in [-0.2, -0.15) is 0 Å². The highest BCUT2D eigenvalue weighted by molar-refractivity contribution is 5.54. The molecule has 0 atom stereocenters. The van der Waals surface area contributed by atoms with E-state index in [0.29, 0.717) is 5.56 Å². The van der Waals surface area contributed by atoms with Crippen molar-refractivity contribution in [1.82, 2.24) is 0 Å². The van der Waals surface area contributed by atoms with E-state index in [9.17, 15) is 5.11 Å². The zero-order valence-corrected chi connectivity index (χ0v) is 6.02. The monoisotopic (exact) mass is 149 g/mol. The van der Waals surface area contributed by atoms with Crippen molar-refractivity contribution in [2.24, 2.45) is 5.11 Å². The van der Waals surface area contributed by atoms with E-state index in [4.69, 9.17) is 5.53 Å². The van der Waals surface area contributed by atoms with Gasteiger partial charge in [-0.3, -0.25) is 0 Å². The minimum absolute atomic E-state index is 0.0466. The van der Waals surface area contributed by atoms with Gasteiger partial charge in [-0.05, 0) is 24.1 Å². The van der Waals surface area contributed by atoms with Crippen LogP contribution in [0.4, 0.5) is 5.69 Å². The first-order valence-corrected chi connectivity index (χ1v) is 3.09. The molecule has 1 N–H and O–H groups in total. The number of phenolic OH excluding ortho intramolecular Hbond substituents is 1. The van der Waals surface area contributed by atoms with Crippen LogP contribution in [0.5, 0.6) is 5.75 Å². The second-order valence-corrected chi connectivity index (χ2v) is 2.13. The topological polar surface area (TPSA) is 69.0 Å². The zero-order chi connectivity index (χ0) is 8.27. The van der Waals surface area contributed by atoms with Crippen molar-refractivity contribution in [2.45, 2.75) is 6.92 Å². The molecule has 0 bridgehead atoms. The number of benzene rings is 1. The lowest BCUT2D eigenvalue weighted by Gasteiger charge is -1.99. The molecular formula is C7H7N3O. The van der Waals surface area contributed by atoms with Crippen LogP contribution in [0.1, 0.15) is 5.56 Å². The Morgan fingerprint density at radius 2 is 2.27 bits per heavy atom. The summed E-state index contributed by atoms with van der Waals surface area (Å²) in [7, 11) is 0. The average molecular weight is 149 g/mol. The van der Waals surface area contributed by atoms with Gasteiger partial charge >= 0.3 is 0 Å². The summed E-state index contributed by atoms with van der Waals surface area (Å²) in [5, 5.41) is 12.6. The minimum atomic E-state index is 0.0466. The standard InChI is InChI=1S/C7H7N3O/c1-5-3-2-4-6(7(5)11)9-10-8/h2-4,11H,1H3. The lowest BCUT2D eigenvalue weighted by Crippen LogP contribution is -1.72. The molecule has 0 saturated heterocycles. The fourth-order valence-corrected chi connectivity index (χ4v) is 0.772. The summed E-state index contributed by atoms with van der Waals surface area (Å²) >= 11 is 0. The number of hydrogen-bond donors (Lipinski definition) is 1. The Hall–Kier alpha value is -1.67. The van der Waals surface area contributed by atoms with E-state index in [1.165, 1.54) is 0 Å². The Kier molecular flexibility index (Phi) is 1.99. The van der Waals surface area contributed by atoms with E-state index >= 15 is 0 Å². The van der Waals surface area contributed by atoms with Crippen LogP contribution in [0.2, 0.25) is 0 Å². The highest BCUT2D eigenvalue weighted by Crippen LogP contribution is 2.28. The average Bonchev–Trinajstić information content (AvgIpc) is 1.99. The van der Waals surface area contributed by atoms with Crippen LogP contribution in [-0.2, 0) is 0 Å². The maximum absolute atomic E-state index is 9.26. The van der Waals surface area contributed by atoms with Crippen LogP contribution in [0.25, 0.3) is 10.4 Å². The lowest BCUT2D eigenvalue weighted by molar-refractivity contribution is 0.472. The van der Waals surface area contributed by atoms with E-state index in [0.717, 1.165) is 0 Å². The van der Waals surface area contributed by atoms with Gasteiger partial charge in [0.05, 0.1) is 5.69 Å². The predicted molar refractivity (Wildman–Crippen MR) is 41.6 cm³/mol. The fourth-order valence-electron chi connectivity index (χ4n) is 0.772. The van der Waals surface area contributed by atoms with E-state index in [-0.39, 0.29) is 11.4 Å². The SMILES string of the molecule is Cc1cccc(N=[N+]=[N-])c1O. The van der Waals surface area contributed by atoms with Crippen molar-refractivity contribution in [3.8, 4) is 5.75 Å². The first kappa shape index (κ1) is 7.44. The molecule has 1 aromatic carbocycles. The zero-order valence-electron chi connectivity index (χ0n) is 6.02. The van der Waals surface area contributed by atoms with Crippen molar-refractivity contribution in [3.63, 3.8) is 0 Å². The van der Waals surface area contributed by atoms with Gasteiger partial charge < -0.3 is 5.11 Å². The number of azide groups is 1. The maximum atomic E-state index is 9.26. The van der Waals surface area contributed by atoms with Gasteiger partial charge in [0, 0.05) is 4.91 Å². The van der Waals surface area contributed by atoms with Crippen molar-refractivity contribution in [1.29, 1.82) is 0 Å². The van der Waals surface area contributed by atoms with Crippen LogP contribution in [0.15, 0.2) is 23.3 Å². The molecule has 0 aromatic heterocycles. The molecule has 0 unspecified atom stereocenters. The molecule has 0 aliphatic heterocycles. The van der Waals surface area contributed by atoms with E-state index < -0.39 is 0 Å². The second kappa shape index (κ2) is 2.94.